The SMILES string of the molecule is CCOC(=O)CCCC(C)(C)c1cc(OC)c(C(C)(C)CCCC(=O)OCC)cc1O. The molecule has 0 spiro atoms. The van der Waals surface area contributed by atoms with Gasteiger partial charge in [0.1, 0.15) is 11.5 Å². The molecule has 0 unspecified atom stereocenters. The Balaban J connectivity index is 2.98. The van der Waals surface area contributed by atoms with Gasteiger partial charge in [-0.05, 0) is 62.5 Å². The van der Waals surface area contributed by atoms with Gasteiger partial charge < -0.3 is 19.3 Å². The predicted molar refractivity (Wildman–Crippen MR) is 122 cm³/mol. The summed E-state index contributed by atoms with van der Waals surface area (Å²) in [6, 6.07) is 3.69. The smallest absolute Gasteiger partial charge is 0.305 e. The molecular weight excluding hydrogens is 396 g/mol. The first-order valence-electron chi connectivity index (χ1n) is 11.2. The largest absolute Gasteiger partial charge is 0.508 e. The second-order valence-electron chi connectivity index (χ2n) is 9.15. The summed E-state index contributed by atoms with van der Waals surface area (Å²) in [5.74, 6) is 0.552. The minimum atomic E-state index is -0.337. The Morgan fingerprint density at radius 2 is 1.29 bits per heavy atom. The van der Waals surface area contributed by atoms with Crippen LogP contribution in [0.2, 0.25) is 0 Å². The summed E-state index contributed by atoms with van der Waals surface area (Å²) < 4.78 is 15.7. The molecule has 0 saturated heterocycles. The van der Waals surface area contributed by atoms with E-state index in [1.54, 1.807) is 27.0 Å². The van der Waals surface area contributed by atoms with Crippen molar-refractivity contribution in [2.45, 2.75) is 90.9 Å². The van der Waals surface area contributed by atoms with E-state index in [0.717, 1.165) is 24.0 Å². The van der Waals surface area contributed by atoms with Gasteiger partial charge in [-0.15, -0.1) is 0 Å². The number of benzene rings is 1. The molecule has 0 atom stereocenters. The van der Waals surface area contributed by atoms with Crippen molar-refractivity contribution in [3.63, 3.8) is 0 Å². The number of hydrogen-bond donors (Lipinski definition) is 1. The molecule has 6 nitrogen and oxygen atoms in total. The number of hydrogen-bond acceptors (Lipinski definition) is 6. The topological polar surface area (TPSA) is 82.1 Å². The van der Waals surface area contributed by atoms with E-state index in [-0.39, 0.29) is 28.5 Å². The van der Waals surface area contributed by atoms with Crippen molar-refractivity contribution < 1.29 is 28.9 Å². The molecular formula is C25H40O6. The van der Waals surface area contributed by atoms with E-state index in [0.29, 0.717) is 44.6 Å². The summed E-state index contributed by atoms with van der Waals surface area (Å²) >= 11 is 0. The lowest BCUT2D eigenvalue weighted by Crippen LogP contribution is -2.22. The van der Waals surface area contributed by atoms with E-state index in [4.69, 9.17) is 14.2 Å². The molecule has 0 fully saturated rings. The minimum absolute atomic E-state index is 0.187. The second kappa shape index (κ2) is 12.0. The van der Waals surface area contributed by atoms with Gasteiger partial charge in [0.05, 0.1) is 20.3 Å². The van der Waals surface area contributed by atoms with Crippen LogP contribution in [0, 0.1) is 0 Å². The molecule has 0 aliphatic heterocycles. The molecule has 0 aliphatic rings. The van der Waals surface area contributed by atoms with Crippen molar-refractivity contribution in [3.05, 3.63) is 23.3 Å². The van der Waals surface area contributed by atoms with Crippen molar-refractivity contribution in [1.29, 1.82) is 0 Å². The number of phenols is 1. The predicted octanol–water partition coefficient (Wildman–Crippen LogP) is 5.42. The van der Waals surface area contributed by atoms with E-state index in [2.05, 4.69) is 27.7 Å². The van der Waals surface area contributed by atoms with E-state index in [9.17, 15) is 14.7 Å². The minimum Gasteiger partial charge on any atom is -0.508 e. The summed E-state index contributed by atoms with van der Waals surface area (Å²) in [5.41, 5.74) is 1.07. The summed E-state index contributed by atoms with van der Waals surface area (Å²) in [6.07, 6.45) is 3.58. The first-order chi connectivity index (χ1) is 14.5. The maximum Gasteiger partial charge on any atom is 0.305 e. The highest BCUT2D eigenvalue weighted by atomic mass is 16.5. The van der Waals surface area contributed by atoms with Gasteiger partial charge in [0, 0.05) is 24.0 Å². The number of ether oxygens (including phenoxy) is 3. The van der Waals surface area contributed by atoms with Crippen LogP contribution in [0.3, 0.4) is 0 Å². The van der Waals surface area contributed by atoms with Crippen molar-refractivity contribution >= 4 is 11.9 Å². The fraction of sp³-hybridized carbons (Fsp3) is 0.680. The van der Waals surface area contributed by atoms with Gasteiger partial charge in [-0.3, -0.25) is 9.59 Å². The molecule has 0 amide bonds. The molecule has 31 heavy (non-hydrogen) atoms. The van der Waals surface area contributed by atoms with Crippen LogP contribution >= 0.6 is 0 Å². The van der Waals surface area contributed by atoms with Gasteiger partial charge >= 0.3 is 11.9 Å². The van der Waals surface area contributed by atoms with E-state index in [1.165, 1.54) is 0 Å². The normalized spacial score (nSPS) is 11.8. The van der Waals surface area contributed by atoms with Gasteiger partial charge in [-0.25, -0.2) is 0 Å². The van der Waals surface area contributed by atoms with Gasteiger partial charge in [-0.1, -0.05) is 27.7 Å². The molecule has 6 heteroatoms. The maximum absolute atomic E-state index is 11.6. The van der Waals surface area contributed by atoms with Crippen LogP contribution in [0.5, 0.6) is 11.5 Å². The van der Waals surface area contributed by atoms with Crippen LogP contribution in [0.15, 0.2) is 12.1 Å². The lowest BCUT2D eigenvalue weighted by molar-refractivity contribution is -0.144. The molecule has 1 aromatic carbocycles. The summed E-state index contributed by atoms with van der Waals surface area (Å²) in [4.78, 5) is 23.3. The van der Waals surface area contributed by atoms with Crippen LogP contribution in [-0.4, -0.2) is 37.4 Å². The van der Waals surface area contributed by atoms with Crippen molar-refractivity contribution in [2.75, 3.05) is 20.3 Å². The highest BCUT2D eigenvalue weighted by Gasteiger charge is 2.30. The molecule has 1 rings (SSSR count). The number of carbonyl (C=O) groups excluding carboxylic acids is 2. The maximum atomic E-state index is 11.6. The van der Waals surface area contributed by atoms with Gasteiger partial charge in [-0.2, -0.15) is 0 Å². The molecule has 1 aromatic rings. The quantitative estimate of drug-likeness (QED) is 0.416. The van der Waals surface area contributed by atoms with Crippen LogP contribution in [0.1, 0.15) is 91.2 Å². The average Bonchev–Trinajstić information content (AvgIpc) is 2.67. The van der Waals surface area contributed by atoms with Gasteiger partial charge in [0.25, 0.3) is 0 Å². The first-order valence-corrected chi connectivity index (χ1v) is 11.2. The third-order valence-electron chi connectivity index (χ3n) is 5.75. The van der Waals surface area contributed by atoms with Crippen LogP contribution in [0.4, 0.5) is 0 Å². The number of carbonyl (C=O) groups is 2. The molecule has 0 aromatic heterocycles. The Hall–Kier alpha value is -2.24. The van der Waals surface area contributed by atoms with Crippen molar-refractivity contribution in [3.8, 4) is 11.5 Å². The Bertz CT molecular complexity index is 736. The fourth-order valence-electron chi connectivity index (χ4n) is 3.89. The summed E-state index contributed by atoms with van der Waals surface area (Å²) in [7, 11) is 1.63. The number of methoxy groups -OCH3 is 1. The zero-order chi connectivity index (χ0) is 23.7. The van der Waals surface area contributed by atoms with E-state index >= 15 is 0 Å². The Morgan fingerprint density at radius 3 is 1.71 bits per heavy atom. The zero-order valence-corrected chi connectivity index (χ0v) is 20.3. The standard InChI is InChI=1S/C25H40O6/c1-8-30-22(27)12-10-14-24(3,4)18-17-21(29-7)19(16-20(18)26)25(5,6)15-11-13-23(28)31-9-2/h16-17,26H,8-15H2,1-7H3. The second-order valence-corrected chi connectivity index (χ2v) is 9.15. The molecule has 0 aliphatic carbocycles. The van der Waals surface area contributed by atoms with Crippen LogP contribution < -0.4 is 4.74 Å². The third kappa shape index (κ3) is 8.08. The average molecular weight is 437 g/mol. The number of phenolic OH excluding ortho intramolecular Hbond substituents is 1. The third-order valence-corrected chi connectivity index (χ3v) is 5.75. The van der Waals surface area contributed by atoms with Crippen LogP contribution in [-0.2, 0) is 29.9 Å². The zero-order valence-electron chi connectivity index (χ0n) is 20.3. The molecule has 1 N–H and O–H groups in total. The number of aromatic hydroxyl groups is 1. The van der Waals surface area contributed by atoms with Crippen molar-refractivity contribution in [1.82, 2.24) is 0 Å². The van der Waals surface area contributed by atoms with Crippen molar-refractivity contribution in [2.24, 2.45) is 0 Å². The monoisotopic (exact) mass is 436 g/mol. The molecule has 0 bridgehead atoms. The summed E-state index contributed by atoms with van der Waals surface area (Å²) in [5, 5.41) is 10.9. The Morgan fingerprint density at radius 1 is 0.839 bits per heavy atom. The first kappa shape index (κ1) is 26.8. The molecule has 0 radical (unpaired) electrons. The highest BCUT2D eigenvalue weighted by Crippen LogP contribution is 2.43. The van der Waals surface area contributed by atoms with Crippen LogP contribution in [0.25, 0.3) is 0 Å². The van der Waals surface area contributed by atoms with Gasteiger partial charge in [0.2, 0.25) is 0 Å². The lowest BCUT2D eigenvalue weighted by Gasteiger charge is -2.31. The van der Waals surface area contributed by atoms with E-state index in [1.807, 2.05) is 6.07 Å². The van der Waals surface area contributed by atoms with Gasteiger partial charge in [0.15, 0.2) is 0 Å². The number of rotatable bonds is 13. The Labute approximate surface area is 187 Å². The molecule has 176 valence electrons. The number of esters is 2. The lowest BCUT2D eigenvalue weighted by atomic mass is 9.75. The summed E-state index contributed by atoms with van der Waals surface area (Å²) in [6.45, 7) is 12.6. The Kier molecular flexibility index (Phi) is 10.3. The van der Waals surface area contributed by atoms with E-state index < -0.39 is 0 Å². The molecule has 0 saturated carbocycles. The molecule has 0 heterocycles. The fourth-order valence-corrected chi connectivity index (χ4v) is 3.89. The highest BCUT2D eigenvalue weighted by molar-refractivity contribution is 5.69.